The van der Waals surface area contributed by atoms with Crippen LogP contribution in [0.5, 0.6) is 0 Å². The summed E-state index contributed by atoms with van der Waals surface area (Å²) in [5, 5.41) is 0.208. The normalized spacial score (nSPS) is 11.2. The number of para-hydroxylation sites is 2. The molecule has 3 aromatic rings. The average Bonchev–Trinajstić information content (AvgIpc) is 2.79. The van der Waals surface area contributed by atoms with Gasteiger partial charge in [0.25, 0.3) is 0 Å². The molecule has 0 spiro atoms. The summed E-state index contributed by atoms with van der Waals surface area (Å²) in [6, 6.07) is 8.81. The van der Waals surface area contributed by atoms with Crippen molar-refractivity contribution in [1.29, 1.82) is 0 Å². The molecule has 0 aliphatic carbocycles. The zero-order chi connectivity index (χ0) is 14.3. The standard InChI is InChI=1S/C14H8Cl2F2N2/c15-7-12-19-13-9(17)4-2-6-11(13)20(12)14-8(16)3-1-5-10(14)18/h1-6H,7H2. The molecule has 0 fully saturated rings. The van der Waals surface area contributed by atoms with Gasteiger partial charge in [0.15, 0.2) is 5.82 Å². The molecule has 0 aliphatic rings. The molecule has 0 atom stereocenters. The third-order valence-corrected chi connectivity index (χ3v) is 3.53. The number of nitrogens with zero attached hydrogens (tertiary/aromatic N) is 2. The zero-order valence-electron chi connectivity index (χ0n) is 10.1. The van der Waals surface area contributed by atoms with E-state index in [1.165, 1.54) is 28.8 Å². The van der Waals surface area contributed by atoms with Gasteiger partial charge in [-0.2, -0.15) is 0 Å². The summed E-state index contributed by atoms with van der Waals surface area (Å²) in [7, 11) is 0. The number of alkyl halides is 1. The van der Waals surface area contributed by atoms with Gasteiger partial charge in [0.05, 0.1) is 16.4 Å². The van der Waals surface area contributed by atoms with Crippen LogP contribution in [0.25, 0.3) is 16.7 Å². The molecular weight excluding hydrogens is 305 g/mol. The molecule has 0 N–H and O–H groups in total. The molecule has 0 radical (unpaired) electrons. The number of benzene rings is 2. The Morgan fingerprint density at radius 2 is 1.75 bits per heavy atom. The molecule has 20 heavy (non-hydrogen) atoms. The molecule has 0 amide bonds. The lowest BCUT2D eigenvalue weighted by Gasteiger charge is -2.10. The van der Waals surface area contributed by atoms with E-state index < -0.39 is 11.6 Å². The molecule has 0 saturated heterocycles. The van der Waals surface area contributed by atoms with E-state index in [1.54, 1.807) is 12.1 Å². The monoisotopic (exact) mass is 312 g/mol. The fourth-order valence-electron chi connectivity index (χ4n) is 2.15. The van der Waals surface area contributed by atoms with E-state index in [1.807, 2.05) is 0 Å². The van der Waals surface area contributed by atoms with E-state index in [0.717, 1.165) is 0 Å². The molecular formula is C14H8Cl2F2N2. The molecule has 0 bridgehead atoms. The molecule has 0 aliphatic heterocycles. The van der Waals surface area contributed by atoms with Crippen LogP contribution in [0.3, 0.4) is 0 Å². The molecule has 3 rings (SSSR count). The van der Waals surface area contributed by atoms with Crippen molar-refractivity contribution in [3.05, 3.63) is 58.9 Å². The van der Waals surface area contributed by atoms with Crippen LogP contribution in [0.4, 0.5) is 8.78 Å². The predicted octanol–water partition coefficient (Wildman–Crippen LogP) is 4.70. The minimum Gasteiger partial charge on any atom is -0.291 e. The van der Waals surface area contributed by atoms with Gasteiger partial charge in [-0.1, -0.05) is 23.7 Å². The van der Waals surface area contributed by atoms with Crippen LogP contribution in [-0.4, -0.2) is 9.55 Å². The Morgan fingerprint density at radius 3 is 2.45 bits per heavy atom. The van der Waals surface area contributed by atoms with Crippen molar-refractivity contribution < 1.29 is 8.78 Å². The highest BCUT2D eigenvalue weighted by molar-refractivity contribution is 6.32. The van der Waals surface area contributed by atoms with Crippen molar-refractivity contribution in [1.82, 2.24) is 9.55 Å². The third kappa shape index (κ3) is 1.96. The van der Waals surface area contributed by atoms with Gasteiger partial charge in [-0.15, -0.1) is 11.6 Å². The fraction of sp³-hybridized carbons (Fsp3) is 0.0714. The summed E-state index contributed by atoms with van der Waals surface area (Å²) in [6.45, 7) is 0. The molecule has 6 heteroatoms. The highest BCUT2D eigenvalue weighted by Gasteiger charge is 2.18. The Labute approximate surface area is 123 Å². The number of aromatic nitrogens is 2. The molecule has 2 aromatic carbocycles. The Balaban J connectivity index is 2.44. The van der Waals surface area contributed by atoms with Crippen molar-refractivity contribution in [2.75, 3.05) is 0 Å². The van der Waals surface area contributed by atoms with Crippen LogP contribution in [0.2, 0.25) is 5.02 Å². The highest BCUT2D eigenvalue weighted by atomic mass is 35.5. The number of fused-ring (bicyclic) bond motifs is 1. The Hall–Kier alpha value is -1.65. The summed E-state index contributed by atoms with van der Waals surface area (Å²) < 4.78 is 29.3. The lowest BCUT2D eigenvalue weighted by molar-refractivity contribution is 0.618. The van der Waals surface area contributed by atoms with E-state index in [-0.39, 0.29) is 22.1 Å². The summed E-state index contributed by atoms with van der Waals surface area (Å²) >= 11 is 11.9. The first-order chi connectivity index (χ1) is 9.63. The van der Waals surface area contributed by atoms with Gasteiger partial charge >= 0.3 is 0 Å². The lowest BCUT2D eigenvalue weighted by atomic mass is 10.2. The topological polar surface area (TPSA) is 17.8 Å². The van der Waals surface area contributed by atoms with Gasteiger partial charge in [0, 0.05) is 0 Å². The zero-order valence-corrected chi connectivity index (χ0v) is 11.6. The van der Waals surface area contributed by atoms with Crippen LogP contribution in [0.15, 0.2) is 36.4 Å². The molecule has 2 nitrogen and oxygen atoms in total. The SMILES string of the molecule is Fc1cccc(Cl)c1-n1c(CCl)nc2c(F)cccc21. The maximum atomic E-state index is 14.1. The molecule has 1 heterocycles. The summed E-state index contributed by atoms with van der Waals surface area (Å²) in [5.41, 5.74) is 0.688. The van der Waals surface area contributed by atoms with Gasteiger partial charge in [-0.3, -0.25) is 4.57 Å². The Bertz CT molecular complexity index is 779. The molecule has 1 aromatic heterocycles. The number of hydrogen-bond acceptors (Lipinski definition) is 1. The first kappa shape index (κ1) is 13.3. The van der Waals surface area contributed by atoms with Crippen molar-refractivity contribution in [3.8, 4) is 5.69 Å². The van der Waals surface area contributed by atoms with Crippen molar-refractivity contribution >= 4 is 34.2 Å². The van der Waals surface area contributed by atoms with Crippen LogP contribution < -0.4 is 0 Å². The second-order valence-electron chi connectivity index (χ2n) is 4.17. The molecule has 102 valence electrons. The minimum atomic E-state index is -0.521. The van der Waals surface area contributed by atoms with E-state index in [2.05, 4.69) is 4.98 Å². The second-order valence-corrected chi connectivity index (χ2v) is 4.85. The van der Waals surface area contributed by atoms with Crippen molar-refractivity contribution in [2.45, 2.75) is 5.88 Å². The van der Waals surface area contributed by atoms with Crippen molar-refractivity contribution in [2.24, 2.45) is 0 Å². The number of halogens is 4. The van der Waals surface area contributed by atoms with Crippen molar-refractivity contribution in [3.63, 3.8) is 0 Å². The first-order valence-corrected chi connectivity index (χ1v) is 6.71. The number of imidazole rings is 1. The third-order valence-electron chi connectivity index (χ3n) is 2.99. The molecule has 0 saturated carbocycles. The largest absolute Gasteiger partial charge is 0.291 e. The van der Waals surface area contributed by atoms with Crippen LogP contribution in [0.1, 0.15) is 5.82 Å². The predicted molar refractivity (Wildman–Crippen MR) is 75.6 cm³/mol. The maximum Gasteiger partial charge on any atom is 0.151 e. The smallest absolute Gasteiger partial charge is 0.151 e. The van der Waals surface area contributed by atoms with Gasteiger partial charge < -0.3 is 0 Å². The summed E-state index contributed by atoms with van der Waals surface area (Å²) in [4.78, 5) is 4.12. The Morgan fingerprint density at radius 1 is 1.05 bits per heavy atom. The summed E-state index contributed by atoms with van der Waals surface area (Å²) in [5.74, 6) is -0.662. The van der Waals surface area contributed by atoms with E-state index in [4.69, 9.17) is 23.2 Å². The van der Waals surface area contributed by atoms with Crippen LogP contribution in [0, 0.1) is 11.6 Å². The number of hydrogen-bond donors (Lipinski definition) is 0. The van der Waals surface area contributed by atoms with E-state index in [9.17, 15) is 8.78 Å². The first-order valence-electron chi connectivity index (χ1n) is 5.79. The quantitative estimate of drug-likeness (QED) is 0.627. The lowest BCUT2D eigenvalue weighted by Crippen LogP contribution is -2.03. The number of rotatable bonds is 2. The van der Waals surface area contributed by atoms with Gasteiger partial charge in [-0.05, 0) is 24.3 Å². The van der Waals surface area contributed by atoms with E-state index in [0.29, 0.717) is 11.3 Å². The van der Waals surface area contributed by atoms with Crippen LogP contribution in [-0.2, 0) is 5.88 Å². The Kier molecular flexibility index (Phi) is 3.36. The molecule has 0 unspecified atom stereocenters. The minimum absolute atomic E-state index is 0.0127. The summed E-state index contributed by atoms with van der Waals surface area (Å²) in [6.07, 6.45) is 0. The maximum absolute atomic E-state index is 14.1. The van der Waals surface area contributed by atoms with Crippen LogP contribution >= 0.6 is 23.2 Å². The second kappa shape index (κ2) is 5.04. The van der Waals surface area contributed by atoms with Gasteiger partial charge in [0.2, 0.25) is 0 Å². The fourth-order valence-corrected chi connectivity index (χ4v) is 2.58. The van der Waals surface area contributed by atoms with Gasteiger partial charge in [-0.25, -0.2) is 13.8 Å². The average molecular weight is 313 g/mol. The van der Waals surface area contributed by atoms with Gasteiger partial charge in [0.1, 0.15) is 22.8 Å². The highest BCUT2D eigenvalue weighted by Crippen LogP contribution is 2.30. The van der Waals surface area contributed by atoms with E-state index >= 15 is 0 Å².